The number of nitrogens with zero attached hydrogens (tertiary/aromatic N) is 2. The van der Waals surface area contributed by atoms with E-state index in [9.17, 15) is 22.8 Å². The Bertz CT molecular complexity index is 841. The summed E-state index contributed by atoms with van der Waals surface area (Å²) in [4.78, 5) is 22.6. The van der Waals surface area contributed by atoms with Gasteiger partial charge in [-0.05, 0) is 44.5 Å². The van der Waals surface area contributed by atoms with Gasteiger partial charge in [-0.1, -0.05) is 0 Å². The molecule has 0 spiro atoms. The van der Waals surface area contributed by atoms with E-state index < -0.39 is 23.8 Å². The van der Waals surface area contributed by atoms with Crippen LogP contribution in [0.3, 0.4) is 0 Å². The van der Waals surface area contributed by atoms with Crippen molar-refractivity contribution in [1.82, 2.24) is 15.1 Å². The molecule has 0 radical (unpaired) electrons. The van der Waals surface area contributed by atoms with Crippen molar-refractivity contribution in [1.29, 1.82) is 0 Å². The molecule has 1 aromatic carbocycles. The molecule has 10 heteroatoms. The minimum absolute atomic E-state index is 0.0380. The lowest BCUT2D eigenvalue weighted by molar-refractivity contribution is -0.274. The Balaban J connectivity index is 2.05. The topological polar surface area (TPSA) is 82.5 Å². The van der Waals surface area contributed by atoms with Gasteiger partial charge < -0.3 is 14.8 Å². The molecule has 1 aromatic heterocycles. The summed E-state index contributed by atoms with van der Waals surface area (Å²) in [6, 6.07) is 3.59. The second kappa shape index (κ2) is 8.32. The molecule has 0 bridgehead atoms. The number of hydrogen-bond acceptors (Lipinski definition) is 5. The number of amides is 1. The van der Waals surface area contributed by atoms with Gasteiger partial charge in [0.25, 0.3) is 0 Å². The van der Waals surface area contributed by atoms with E-state index >= 15 is 0 Å². The van der Waals surface area contributed by atoms with E-state index in [0.717, 1.165) is 6.07 Å². The lowest BCUT2D eigenvalue weighted by atomic mass is 10.1. The maximum atomic E-state index is 12.5. The molecule has 1 N–H and O–H groups in total. The van der Waals surface area contributed by atoms with Crippen LogP contribution >= 0.6 is 0 Å². The first-order valence-electron chi connectivity index (χ1n) is 8.31. The van der Waals surface area contributed by atoms with Crippen LogP contribution in [0.15, 0.2) is 30.6 Å². The summed E-state index contributed by atoms with van der Waals surface area (Å²) >= 11 is 0. The van der Waals surface area contributed by atoms with E-state index in [1.54, 1.807) is 27.0 Å². The fourth-order valence-electron chi connectivity index (χ4n) is 2.27. The van der Waals surface area contributed by atoms with Gasteiger partial charge in [0.1, 0.15) is 17.6 Å². The molecular weight excluding hydrogens is 379 g/mol. The standard InChI is InChI=1S/C18H20F3N3O4/c1-17(2,3)28-16(26)22-4-5-24-10-14(9-23-24)13-6-12(11-25)7-15(8-13)27-18(19,20)21/h6-11H,4-5H2,1-3H3,(H,22,26). The predicted octanol–water partition coefficient (Wildman–Crippen LogP) is 3.79. The minimum atomic E-state index is -4.86. The van der Waals surface area contributed by atoms with Crippen molar-refractivity contribution in [3.05, 3.63) is 36.2 Å². The number of ether oxygens (including phenoxy) is 2. The van der Waals surface area contributed by atoms with Crippen LogP contribution in [0, 0.1) is 0 Å². The maximum absolute atomic E-state index is 12.5. The third-order valence-corrected chi connectivity index (χ3v) is 3.27. The van der Waals surface area contributed by atoms with Crippen molar-refractivity contribution in [2.75, 3.05) is 6.54 Å². The maximum Gasteiger partial charge on any atom is 0.573 e. The zero-order valence-electron chi connectivity index (χ0n) is 15.5. The largest absolute Gasteiger partial charge is 0.573 e. The first-order chi connectivity index (χ1) is 12.9. The number of halogens is 3. The number of aromatic nitrogens is 2. The highest BCUT2D eigenvalue weighted by molar-refractivity contribution is 5.80. The smallest absolute Gasteiger partial charge is 0.444 e. The molecule has 152 valence electrons. The summed E-state index contributed by atoms with van der Waals surface area (Å²) in [7, 11) is 0. The summed E-state index contributed by atoms with van der Waals surface area (Å²) in [6.45, 7) is 5.80. The van der Waals surface area contributed by atoms with Crippen LogP contribution in [0.1, 0.15) is 31.1 Å². The SMILES string of the molecule is CC(C)(C)OC(=O)NCCn1cc(-c2cc(C=O)cc(OC(F)(F)F)c2)cn1. The lowest BCUT2D eigenvalue weighted by Crippen LogP contribution is -2.34. The fraction of sp³-hybridized carbons (Fsp3) is 0.389. The molecule has 0 saturated carbocycles. The van der Waals surface area contributed by atoms with Gasteiger partial charge in [0.15, 0.2) is 0 Å². The quantitative estimate of drug-likeness (QED) is 0.748. The van der Waals surface area contributed by atoms with E-state index in [2.05, 4.69) is 15.2 Å². The third-order valence-electron chi connectivity index (χ3n) is 3.27. The highest BCUT2D eigenvalue weighted by Crippen LogP contribution is 2.29. The molecule has 1 amide bonds. The van der Waals surface area contributed by atoms with Crippen LogP contribution < -0.4 is 10.1 Å². The Hall–Kier alpha value is -3.04. The predicted molar refractivity (Wildman–Crippen MR) is 94.0 cm³/mol. The van der Waals surface area contributed by atoms with Crippen LogP contribution in [0.4, 0.5) is 18.0 Å². The van der Waals surface area contributed by atoms with Crippen LogP contribution in [-0.4, -0.2) is 40.7 Å². The van der Waals surface area contributed by atoms with Crippen molar-refractivity contribution in [3.63, 3.8) is 0 Å². The molecule has 0 unspecified atom stereocenters. The molecule has 7 nitrogen and oxygen atoms in total. The van der Waals surface area contributed by atoms with Crippen molar-refractivity contribution in [2.24, 2.45) is 0 Å². The Kier molecular flexibility index (Phi) is 6.32. The van der Waals surface area contributed by atoms with E-state index in [1.165, 1.54) is 23.0 Å². The van der Waals surface area contributed by atoms with Crippen LogP contribution in [0.25, 0.3) is 11.1 Å². The molecule has 2 rings (SSSR count). The van der Waals surface area contributed by atoms with Gasteiger partial charge in [-0.3, -0.25) is 9.48 Å². The van der Waals surface area contributed by atoms with Crippen LogP contribution in [0.2, 0.25) is 0 Å². The highest BCUT2D eigenvalue weighted by Gasteiger charge is 2.31. The van der Waals surface area contributed by atoms with E-state index in [1.807, 2.05) is 0 Å². The van der Waals surface area contributed by atoms with Gasteiger partial charge in [0.05, 0.1) is 12.7 Å². The summed E-state index contributed by atoms with van der Waals surface area (Å²) in [5.41, 5.74) is 0.266. The average molecular weight is 399 g/mol. The zero-order chi connectivity index (χ0) is 20.9. The number of aldehydes is 1. The Morgan fingerprint density at radius 1 is 1.21 bits per heavy atom. The molecule has 0 atom stereocenters. The van der Waals surface area contributed by atoms with Gasteiger partial charge in [0.2, 0.25) is 0 Å². The summed E-state index contributed by atoms with van der Waals surface area (Å²) in [5.74, 6) is -0.494. The third kappa shape index (κ3) is 6.93. The van der Waals surface area contributed by atoms with Crippen molar-refractivity contribution < 1.29 is 32.2 Å². The zero-order valence-corrected chi connectivity index (χ0v) is 15.5. The normalized spacial score (nSPS) is 11.8. The number of alkyl carbamates (subject to hydrolysis) is 1. The first kappa shape index (κ1) is 21.3. The molecule has 28 heavy (non-hydrogen) atoms. The Morgan fingerprint density at radius 3 is 2.54 bits per heavy atom. The number of nitrogens with one attached hydrogen (secondary N) is 1. The number of alkyl halides is 3. The van der Waals surface area contributed by atoms with E-state index in [0.29, 0.717) is 24.0 Å². The van der Waals surface area contributed by atoms with Crippen LogP contribution in [-0.2, 0) is 11.3 Å². The summed E-state index contributed by atoms with van der Waals surface area (Å²) < 4.78 is 47.9. The monoisotopic (exact) mass is 399 g/mol. The van der Waals surface area contributed by atoms with E-state index in [-0.39, 0.29) is 12.1 Å². The molecule has 1 heterocycles. The van der Waals surface area contributed by atoms with Crippen molar-refractivity contribution >= 4 is 12.4 Å². The molecular formula is C18H20F3N3O4. The second-order valence-electron chi connectivity index (χ2n) is 6.88. The molecule has 0 saturated heterocycles. The minimum Gasteiger partial charge on any atom is -0.444 e. The number of carbonyl (C=O) groups excluding carboxylic acids is 2. The molecule has 0 aliphatic carbocycles. The number of rotatable bonds is 6. The van der Waals surface area contributed by atoms with Gasteiger partial charge in [-0.25, -0.2) is 4.79 Å². The fourth-order valence-corrected chi connectivity index (χ4v) is 2.27. The van der Waals surface area contributed by atoms with E-state index in [4.69, 9.17) is 4.74 Å². The van der Waals surface area contributed by atoms with Crippen LogP contribution in [0.5, 0.6) is 5.75 Å². The first-order valence-corrected chi connectivity index (χ1v) is 8.31. The van der Waals surface area contributed by atoms with Gasteiger partial charge in [0, 0.05) is 23.9 Å². The van der Waals surface area contributed by atoms with Crippen molar-refractivity contribution in [2.45, 2.75) is 39.3 Å². The summed E-state index contributed by atoms with van der Waals surface area (Å²) in [6.07, 6.45) is -1.97. The van der Waals surface area contributed by atoms with Gasteiger partial charge in [-0.15, -0.1) is 13.2 Å². The number of hydrogen-bond donors (Lipinski definition) is 1. The number of carbonyl (C=O) groups is 2. The molecule has 0 aliphatic rings. The lowest BCUT2D eigenvalue weighted by Gasteiger charge is -2.19. The van der Waals surface area contributed by atoms with Crippen molar-refractivity contribution in [3.8, 4) is 16.9 Å². The number of benzene rings is 1. The van der Waals surface area contributed by atoms with Gasteiger partial charge in [-0.2, -0.15) is 5.10 Å². The average Bonchev–Trinajstić information content (AvgIpc) is 3.00. The molecule has 2 aromatic rings. The Morgan fingerprint density at radius 2 is 1.93 bits per heavy atom. The second-order valence-corrected chi connectivity index (χ2v) is 6.88. The summed E-state index contributed by atoms with van der Waals surface area (Å²) in [5, 5.41) is 6.67. The molecule has 0 aliphatic heterocycles. The Labute approximate surface area is 159 Å². The molecule has 0 fully saturated rings. The van der Waals surface area contributed by atoms with Gasteiger partial charge >= 0.3 is 12.5 Å². The highest BCUT2D eigenvalue weighted by atomic mass is 19.4.